The summed E-state index contributed by atoms with van der Waals surface area (Å²) in [5, 5.41) is 9.21. The zero-order valence-electron chi connectivity index (χ0n) is 9.65. The monoisotopic (exact) mass is 290 g/mol. The Labute approximate surface area is 109 Å². The number of carbonyl (C=O) groups is 1. The van der Waals surface area contributed by atoms with Gasteiger partial charge in [-0.05, 0) is 12.8 Å². The quantitative estimate of drug-likeness (QED) is 0.825. The molecule has 1 unspecified atom stereocenters. The molecule has 18 heavy (non-hydrogen) atoms. The molecule has 1 atom stereocenters. The van der Waals surface area contributed by atoms with Crippen molar-refractivity contribution < 1.29 is 18.3 Å². The number of nitrogens with zero attached hydrogens (tertiary/aromatic N) is 2. The topological polar surface area (TPSA) is 89.3 Å². The van der Waals surface area contributed by atoms with Gasteiger partial charge in [-0.15, -0.1) is 0 Å². The Hall–Kier alpha value is -1.02. The zero-order valence-corrected chi connectivity index (χ0v) is 11.3. The van der Waals surface area contributed by atoms with Crippen LogP contribution >= 0.6 is 11.8 Å². The molecule has 1 N–H and O–H groups in total. The molecule has 0 radical (unpaired) electrons. The maximum Gasteiger partial charge on any atom is 0.313 e. The molecule has 2 heterocycles. The van der Waals surface area contributed by atoms with E-state index in [4.69, 9.17) is 5.11 Å². The van der Waals surface area contributed by atoms with Gasteiger partial charge < -0.3 is 9.67 Å². The average Bonchev–Trinajstić information content (AvgIpc) is 2.73. The number of carboxylic acids is 1. The molecule has 0 saturated carbocycles. The fourth-order valence-corrected chi connectivity index (χ4v) is 4.47. The van der Waals surface area contributed by atoms with Crippen molar-refractivity contribution in [2.24, 2.45) is 0 Å². The lowest BCUT2D eigenvalue weighted by atomic mass is 10.2. The molecule has 100 valence electrons. The number of rotatable bonds is 4. The molecule has 8 heteroatoms. The fourth-order valence-electron chi connectivity index (χ4n) is 2.03. The molecule has 1 fully saturated rings. The minimum absolute atomic E-state index is 0.0729. The average molecular weight is 290 g/mol. The van der Waals surface area contributed by atoms with E-state index in [9.17, 15) is 13.2 Å². The summed E-state index contributed by atoms with van der Waals surface area (Å²) in [5.41, 5.74) is 0. The molecule has 0 aromatic carbocycles. The highest BCUT2D eigenvalue weighted by molar-refractivity contribution is 7.99. The Balaban J connectivity index is 2.13. The Morgan fingerprint density at radius 2 is 2.39 bits per heavy atom. The van der Waals surface area contributed by atoms with Crippen LogP contribution in [0, 0.1) is 0 Å². The number of thioether (sulfide) groups is 1. The number of aliphatic carboxylic acids is 1. The van der Waals surface area contributed by atoms with Gasteiger partial charge in [0.05, 0.1) is 17.3 Å². The molecule has 0 aliphatic carbocycles. The number of carboxylic acid groups (broad SMARTS) is 1. The standard InChI is InChI=1S/C10H14N2O4S2/c13-9(14)6-17-10-11-3-4-12(10)8-2-1-5-18(15,16)7-8/h3-4,8H,1-2,5-7H2,(H,13,14). The predicted octanol–water partition coefficient (Wildman–Crippen LogP) is 0.810. The second-order valence-electron chi connectivity index (χ2n) is 4.21. The minimum Gasteiger partial charge on any atom is -0.481 e. The lowest BCUT2D eigenvalue weighted by Gasteiger charge is -2.24. The van der Waals surface area contributed by atoms with Gasteiger partial charge in [0.2, 0.25) is 0 Å². The summed E-state index contributed by atoms with van der Waals surface area (Å²) < 4.78 is 25.0. The Morgan fingerprint density at radius 3 is 3.06 bits per heavy atom. The van der Waals surface area contributed by atoms with Gasteiger partial charge >= 0.3 is 5.97 Å². The number of hydrogen-bond acceptors (Lipinski definition) is 5. The van der Waals surface area contributed by atoms with E-state index in [1.807, 2.05) is 0 Å². The van der Waals surface area contributed by atoms with Crippen LogP contribution in [0.5, 0.6) is 0 Å². The van der Waals surface area contributed by atoms with Crippen molar-refractivity contribution in [2.45, 2.75) is 24.0 Å². The van der Waals surface area contributed by atoms with Gasteiger partial charge in [0.15, 0.2) is 15.0 Å². The highest BCUT2D eigenvalue weighted by Gasteiger charge is 2.27. The van der Waals surface area contributed by atoms with Crippen molar-refractivity contribution in [2.75, 3.05) is 17.3 Å². The van der Waals surface area contributed by atoms with Crippen LogP contribution in [-0.2, 0) is 14.6 Å². The van der Waals surface area contributed by atoms with E-state index in [0.717, 1.165) is 18.2 Å². The van der Waals surface area contributed by atoms with E-state index < -0.39 is 15.8 Å². The molecular weight excluding hydrogens is 276 g/mol. The first kappa shape index (κ1) is 13.4. The van der Waals surface area contributed by atoms with Crippen molar-refractivity contribution >= 4 is 27.6 Å². The van der Waals surface area contributed by atoms with Crippen molar-refractivity contribution in [1.82, 2.24) is 9.55 Å². The maximum atomic E-state index is 11.6. The van der Waals surface area contributed by atoms with E-state index in [-0.39, 0.29) is 23.3 Å². The summed E-state index contributed by atoms with van der Waals surface area (Å²) >= 11 is 1.11. The molecule has 0 bridgehead atoms. The van der Waals surface area contributed by atoms with Crippen LogP contribution < -0.4 is 0 Å². The first-order valence-electron chi connectivity index (χ1n) is 5.56. The second-order valence-corrected chi connectivity index (χ2v) is 7.38. The summed E-state index contributed by atoms with van der Waals surface area (Å²) in [4.78, 5) is 14.6. The molecule has 1 aromatic heterocycles. The third-order valence-corrected chi connectivity index (χ3v) is 5.56. The molecule has 1 saturated heterocycles. The first-order chi connectivity index (χ1) is 8.48. The molecule has 1 aliphatic heterocycles. The van der Waals surface area contributed by atoms with Gasteiger partial charge in [-0.1, -0.05) is 11.8 Å². The highest BCUT2D eigenvalue weighted by atomic mass is 32.2. The minimum atomic E-state index is -2.98. The molecule has 0 spiro atoms. The number of hydrogen-bond donors (Lipinski definition) is 1. The van der Waals surface area contributed by atoms with Crippen LogP contribution in [-0.4, -0.2) is 46.3 Å². The van der Waals surface area contributed by atoms with E-state index in [2.05, 4.69) is 4.98 Å². The van der Waals surface area contributed by atoms with Gasteiger partial charge in [-0.2, -0.15) is 0 Å². The largest absolute Gasteiger partial charge is 0.481 e. The number of imidazole rings is 1. The van der Waals surface area contributed by atoms with Gasteiger partial charge in [-0.25, -0.2) is 13.4 Å². The summed E-state index contributed by atoms with van der Waals surface area (Å²) in [7, 11) is -2.98. The Bertz CT molecular complexity index is 538. The molecule has 2 rings (SSSR count). The molecule has 1 aromatic rings. The molecule has 0 amide bonds. The first-order valence-corrected chi connectivity index (χ1v) is 8.36. The Morgan fingerprint density at radius 1 is 1.61 bits per heavy atom. The lowest BCUT2D eigenvalue weighted by molar-refractivity contribution is -0.133. The van der Waals surface area contributed by atoms with E-state index in [1.54, 1.807) is 17.0 Å². The normalized spacial score (nSPS) is 22.8. The third-order valence-electron chi connectivity index (χ3n) is 2.79. The number of sulfone groups is 1. The van der Waals surface area contributed by atoms with E-state index in [0.29, 0.717) is 11.6 Å². The van der Waals surface area contributed by atoms with Crippen molar-refractivity contribution in [3.8, 4) is 0 Å². The number of aromatic nitrogens is 2. The Kier molecular flexibility index (Phi) is 3.96. The summed E-state index contributed by atoms with van der Waals surface area (Å²) in [6, 6.07) is -0.123. The fraction of sp³-hybridized carbons (Fsp3) is 0.600. The van der Waals surface area contributed by atoms with Crippen molar-refractivity contribution in [1.29, 1.82) is 0 Å². The highest BCUT2D eigenvalue weighted by Crippen LogP contribution is 2.27. The van der Waals surface area contributed by atoms with Gasteiger partial charge in [0.1, 0.15) is 0 Å². The molecular formula is C10H14N2O4S2. The van der Waals surface area contributed by atoms with E-state index >= 15 is 0 Å². The van der Waals surface area contributed by atoms with Gasteiger partial charge in [-0.3, -0.25) is 4.79 Å². The van der Waals surface area contributed by atoms with Gasteiger partial charge in [0.25, 0.3) is 0 Å². The smallest absolute Gasteiger partial charge is 0.313 e. The van der Waals surface area contributed by atoms with Crippen LogP contribution in [0.3, 0.4) is 0 Å². The summed E-state index contributed by atoms with van der Waals surface area (Å²) in [5.74, 6) is -0.623. The maximum absolute atomic E-state index is 11.6. The van der Waals surface area contributed by atoms with Gasteiger partial charge in [0, 0.05) is 18.4 Å². The van der Waals surface area contributed by atoms with Crippen LogP contribution in [0.15, 0.2) is 17.6 Å². The van der Waals surface area contributed by atoms with Crippen molar-refractivity contribution in [3.63, 3.8) is 0 Å². The van der Waals surface area contributed by atoms with E-state index in [1.165, 1.54) is 0 Å². The zero-order chi connectivity index (χ0) is 13.2. The predicted molar refractivity (Wildman–Crippen MR) is 67.5 cm³/mol. The van der Waals surface area contributed by atoms with Crippen LogP contribution in [0.4, 0.5) is 0 Å². The lowest BCUT2D eigenvalue weighted by Crippen LogP contribution is -2.27. The molecule has 6 nitrogen and oxygen atoms in total. The summed E-state index contributed by atoms with van der Waals surface area (Å²) in [6.07, 6.45) is 4.73. The van der Waals surface area contributed by atoms with Crippen LogP contribution in [0.1, 0.15) is 18.9 Å². The third kappa shape index (κ3) is 3.26. The summed E-state index contributed by atoms with van der Waals surface area (Å²) in [6.45, 7) is 0. The van der Waals surface area contributed by atoms with Crippen molar-refractivity contribution in [3.05, 3.63) is 12.4 Å². The van der Waals surface area contributed by atoms with Crippen LogP contribution in [0.25, 0.3) is 0 Å². The second kappa shape index (κ2) is 5.31. The SMILES string of the molecule is O=C(O)CSc1nccn1C1CCCS(=O)(=O)C1. The molecule has 1 aliphatic rings. The van der Waals surface area contributed by atoms with Crippen LogP contribution in [0.2, 0.25) is 0 Å².